The maximum atomic E-state index is 11.6. The van der Waals surface area contributed by atoms with Gasteiger partial charge in [0.25, 0.3) is 5.91 Å². The van der Waals surface area contributed by atoms with Gasteiger partial charge in [0.2, 0.25) is 0 Å². The fourth-order valence-corrected chi connectivity index (χ4v) is 2.04. The third-order valence-corrected chi connectivity index (χ3v) is 3.13. The molecule has 6 heteroatoms. The summed E-state index contributed by atoms with van der Waals surface area (Å²) in [6.45, 7) is 0.0481. The second kappa shape index (κ2) is 4.24. The number of anilines is 1. The molecule has 2 aromatic rings. The Balaban J connectivity index is 2.11. The summed E-state index contributed by atoms with van der Waals surface area (Å²) in [5.74, 6) is 0.544. The van der Waals surface area contributed by atoms with Crippen molar-refractivity contribution in [3.8, 4) is 17.0 Å². The topological polar surface area (TPSA) is 75.3 Å². The van der Waals surface area contributed by atoms with E-state index >= 15 is 0 Å². The largest absolute Gasteiger partial charge is 0.482 e. The number of rotatable bonds is 2. The Bertz CT molecular complexity index is 663. The number of aromatic nitrogens is 2. The molecule has 0 unspecified atom stereocenters. The molecule has 0 bridgehead atoms. The molecule has 19 heavy (non-hydrogen) atoms. The van der Waals surface area contributed by atoms with Crippen molar-refractivity contribution < 1.29 is 14.3 Å². The molecule has 1 aromatic carbocycles. The molecule has 1 amide bonds. The predicted octanol–water partition coefficient (Wildman–Crippen LogP) is 1.24. The number of carbonyl (C=O) groups excluding carboxylic acids is 2. The lowest BCUT2D eigenvalue weighted by molar-refractivity contribution is -0.120. The monoisotopic (exact) mass is 257 g/mol. The van der Waals surface area contributed by atoms with Gasteiger partial charge >= 0.3 is 0 Å². The molecule has 0 aliphatic carbocycles. The van der Waals surface area contributed by atoms with Crippen LogP contribution in [0.25, 0.3) is 11.3 Å². The third kappa shape index (κ3) is 1.77. The van der Waals surface area contributed by atoms with Crippen molar-refractivity contribution >= 4 is 17.9 Å². The SMILES string of the molecule is CN1C(=O)COc2ccc(-c3[nH]ncc3C=O)cc21. The number of benzene rings is 1. The first-order chi connectivity index (χ1) is 9.20. The van der Waals surface area contributed by atoms with E-state index in [1.165, 1.54) is 6.20 Å². The molecule has 96 valence electrons. The summed E-state index contributed by atoms with van der Waals surface area (Å²) in [5.41, 5.74) is 2.57. The summed E-state index contributed by atoms with van der Waals surface area (Å²) >= 11 is 0. The van der Waals surface area contributed by atoms with Crippen molar-refractivity contribution in [3.05, 3.63) is 30.0 Å². The average Bonchev–Trinajstić information content (AvgIpc) is 2.91. The van der Waals surface area contributed by atoms with E-state index in [2.05, 4.69) is 10.2 Å². The van der Waals surface area contributed by atoms with Gasteiger partial charge in [0.05, 0.1) is 23.1 Å². The zero-order chi connectivity index (χ0) is 13.4. The van der Waals surface area contributed by atoms with Crippen molar-refractivity contribution in [2.45, 2.75) is 0 Å². The van der Waals surface area contributed by atoms with Gasteiger partial charge in [-0.2, -0.15) is 5.10 Å². The van der Waals surface area contributed by atoms with Crippen LogP contribution in [-0.2, 0) is 4.79 Å². The molecule has 1 aromatic heterocycles. The molecule has 0 spiro atoms. The van der Waals surface area contributed by atoms with Gasteiger partial charge in [0.15, 0.2) is 12.9 Å². The summed E-state index contributed by atoms with van der Waals surface area (Å²) in [6.07, 6.45) is 2.21. The highest BCUT2D eigenvalue weighted by molar-refractivity contribution is 5.98. The number of fused-ring (bicyclic) bond motifs is 1. The van der Waals surface area contributed by atoms with Crippen LogP contribution >= 0.6 is 0 Å². The summed E-state index contributed by atoms with van der Waals surface area (Å²) in [5, 5.41) is 6.63. The van der Waals surface area contributed by atoms with E-state index in [0.29, 0.717) is 22.7 Å². The van der Waals surface area contributed by atoms with Crippen molar-refractivity contribution in [3.63, 3.8) is 0 Å². The number of hydrogen-bond donors (Lipinski definition) is 1. The van der Waals surface area contributed by atoms with Crippen molar-refractivity contribution in [1.82, 2.24) is 10.2 Å². The van der Waals surface area contributed by atoms with E-state index in [0.717, 1.165) is 11.8 Å². The van der Waals surface area contributed by atoms with Crippen LogP contribution in [0.4, 0.5) is 5.69 Å². The fraction of sp³-hybridized carbons (Fsp3) is 0.154. The first-order valence-corrected chi connectivity index (χ1v) is 5.73. The Kier molecular flexibility index (Phi) is 2.56. The zero-order valence-electron chi connectivity index (χ0n) is 10.2. The third-order valence-electron chi connectivity index (χ3n) is 3.13. The maximum absolute atomic E-state index is 11.6. The molecule has 0 saturated heterocycles. The summed E-state index contributed by atoms with van der Waals surface area (Å²) < 4.78 is 5.35. The van der Waals surface area contributed by atoms with Crippen LogP contribution in [0.5, 0.6) is 5.75 Å². The van der Waals surface area contributed by atoms with Gasteiger partial charge in [-0.25, -0.2) is 0 Å². The van der Waals surface area contributed by atoms with Gasteiger partial charge in [0.1, 0.15) is 5.75 Å². The number of aldehydes is 1. The Morgan fingerprint density at radius 3 is 3.11 bits per heavy atom. The van der Waals surface area contributed by atoms with Crippen LogP contribution in [0.2, 0.25) is 0 Å². The maximum Gasteiger partial charge on any atom is 0.264 e. The van der Waals surface area contributed by atoms with Crippen molar-refractivity contribution in [1.29, 1.82) is 0 Å². The number of H-pyrrole nitrogens is 1. The van der Waals surface area contributed by atoms with Gasteiger partial charge in [-0.1, -0.05) is 0 Å². The number of carbonyl (C=O) groups is 2. The van der Waals surface area contributed by atoms with Crippen LogP contribution in [0, 0.1) is 0 Å². The molecule has 0 radical (unpaired) electrons. The van der Waals surface area contributed by atoms with E-state index in [9.17, 15) is 9.59 Å². The molecular weight excluding hydrogens is 246 g/mol. The average molecular weight is 257 g/mol. The second-order valence-electron chi connectivity index (χ2n) is 4.24. The molecule has 2 heterocycles. The van der Waals surface area contributed by atoms with Crippen LogP contribution in [0.15, 0.2) is 24.4 Å². The Morgan fingerprint density at radius 1 is 1.47 bits per heavy atom. The molecule has 0 atom stereocenters. The molecule has 6 nitrogen and oxygen atoms in total. The molecule has 0 fully saturated rings. The first-order valence-electron chi connectivity index (χ1n) is 5.73. The lowest BCUT2D eigenvalue weighted by Crippen LogP contribution is -2.35. The molecule has 0 saturated carbocycles. The summed E-state index contributed by atoms with van der Waals surface area (Å²) in [7, 11) is 1.70. The van der Waals surface area contributed by atoms with Gasteiger partial charge in [0, 0.05) is 12.6 Å². The zero-order valence-corrected chi connectivity index (χ0v) is 10.2. The molecule has 1 aliphatic heterocycles. The lowest BCUT2D eigenvalue weighted by atomic mass is 10.1. The Morgan fingerprint density at radius 2 is 2.32 bits per heavy atom. The van der Waals surface area contributed by atoms with E-state index in [-0.39, 0.29) is 12.5 Å². The number of nitrogens with zero attached hydrogens (tertiary/aromatic N) is 2. The highest BCUT2D eigenvalue weighted by Crippen LogP contribution is 2.35. The van der Waals surface area contributed by atoms with Gasteiger partial charge in [-0.3, -0.25) is 14.7 Å². The smallest absolute Gasteiger partial charge is 0.264 e. The van der Waals surface area contributed by atoms with E-state index < -0.39 is 0 Å². The van der Waals surface area contributed by atoms with Crippen molar-refractivity contribution in [2.24, 2.45) is 0 Å². The second-order valence-corrected chi connectivity index (χ2v) is 4.24. The normalized spacial score (nSPS) is 13.9. The van der Waals surface area contributed by atoms with Crippen molar-refractivity contribution in [2.75, 3.05) is 18.6 Å². The number of amides is 1. The van der Waals surface area contributed by atoms with Gasteiger partial charge in [-0.05, 0) is 18.2 Å². The lowest BCUT2D eigenvalue weighted by Gasteiger charge is -2.26. The highest BCUT2D eigenvalue weighted by atomic mass is 16.5. The minimum absolute atomic E-state index is 0.0481. The molecule has 1 N–H and O–H groups in total. The van der Waals surface area contributed by atoms with Crippen LogP contribution in [-0.4, -0.2) is 36.0 Å². The highest BCUT2D eigenvalue weighted by Gasteiger charge is 2.23. The van der Waals surface area contributed by atoms with E-state index in [4.69, 9.17) is 4.74 Å². The van der Waals surface area contributed by atoms with Gasteiger partial charge < -0.3 is 9.64 Å². The minimum Gasteiger partial charge on any atom is -0.482 e. The van der Waals surface area contributed by atoms with Crippen LogP contribution < -0.4 is 9.64 Å². The summed E-state index contributed by atoms with van der Waals surface area (Å²) in [4.78, 5) is 24.1. The standard InChI is InChI=1S/C13H11N3O3/c1-16-10-4-8(13-9(6-17)5-14-15-13)2-3-11(10)19-7-12(16)18/h2-6H,7H2,1H3,(H,14,15). The number of ether oxygens (including phenoxy) is 1. The predicted molar refractivity (Wildman–Crippen MR) is 68.3 cm³/mol. The Labute approximate surface area is 109 Å². The molecular formula is C13H11N3O3. The molecule has 3 rings (SSSR count). The van der Waals surface area contributed by atoms with Crippen LogP contribution in [0.1, 0.15) is 10.4 Å². The summed E-state index contributed by atoms with van der Waals surface area (Å²) in [6, 6.07) is 5.40. The number of hydrogen-bond acceptors (Lipinski definition) is 4. The fourth-order valence-electron chi connectivity index (χ4n) is 2.04. The van der Waals surface area contributed by atoms with Crippen LogP contribution in [0.3, 0.4) is 0 Å². The molecule has 1 aliphatic rings. The van der Waals surface area contributed by atoms with Gasteiger partial charge in [-0.15, -0.1) is 0 Å². The van der Waals surface area contributed by atoms with E-state index in [1.54, 1.807) is 24.1 Å². The first kappa shape index (κ1) is 11.5. The minimum atomic E-state index is -0.107. The quantitative estimate of drug-likeness (QED) is 0.821. The van der Waals surface area contributed by atoms with E-state index in [1.807, 2.05) is 6.07 Å². The number of likely N-dealkylation sites (N-methyl/N-ethyl adjacent to an activating group) is 1. The number of nitrogens with one attached hydrogen (secondary N) is 1. The number of aromatic amines is 1. The Hall–Kier alpha value is -2.63.